The summed E-state index contributed by atoms with van der Waals surface area (Å²) >= 11 is 5.88. The summed E-state index contributed by atoms with van der Waals surface area (Å²) in [7, 11) is 2.03. The highest BCUT2D eigenvalue weighted by Gasteiger charge is 2.30. The Balaban J connectivity index is 1.63. The Labute approximate surface area is 149 Å². The number of hydrogen-bond acceptors (Lipinski definition) is 4. The topological polar surface area (TPSA) is 73.9 Å². The van der Waals surface area contributed by atoms with Crippen LogP contribution in [0.5, 0.6) is 0 Å². The molecule has 1 atom stereocenters. The summed E-state index contributed by atoms with van der Waals surface area (Å²) in [4.78, 5) is 19.0. The molecule has 0 radical (unpaired) electrons. The molecule has 6 nitrogen and oxygen atoms in total. The average Bonchev–Trinajstić information content (AvgIpc) is 3.25. The molecule has 0 unspecified atom stereocenters. The summed E-state index contributed by atoms with van der Waals surface area (Å²) in [6, 6.07) is 12.8. The van der Waals surface area contributed by atoms with E-state index in [1.807, 2.05) is 25.2 Å². The van der Waals surface area contributed by atoms with Gasteiger partial charge < -0.3 is 10.2 Å². The third-order valence-electron chi connectivity index (χ3n) is 4.40. The van der Waals surface area contributed by atoms with E-state index in [1.165, 1.54) is 6.33 Å². The maximum atomic E-state index is 12.6. The maximum absolute atomic E-state index is 12.6. The second kappa shape index (κ2) is 6.22. The van der Waals surface area contributed by atoms with Gasteiger partial charge in [-0.15, -0.1) is 0 Å². The standard InChI is InChI=1S/C18H16ClN5O/c1-24-9-15(17-20-10-21-23-17)14-8-11(2-7-16(14)24)18(25)22-13-5-3-12(19)4-6-13/h2-8,10,15H,9H2,1H3,(H,22,25)(H,20,21,23)/t15-/m1/s1. The lowest BCUT2D eigenvalue weighted by Crippen LogP contribution is -2.16. The third kappa shape index (κ3) is 2.96. The van der Waals surface area contributed by atoms with Crippen molar-refractivity contribution in [2.24, 2.45) is 0 Å². The van der Waals surface area contributed by atoms with Gasteiger partial charge in [-0.3, -0.25) is 9.89 Å². The molecular formula is C18H16ClN5O. The lowest BCUT2D eigenvalue weighted by atomic mass is 9.98. The first-order valence-electron chi connectivity index (χ1n) is 7.89. The van der Waals surface area contributed by atoms with Crippen LogP contribution >= 0.6 is 11.6 Å². The minimum absolute atomic E-state index is 0.0748. The highest BCUT2D eigenvalue weighted by molar-refractivity contribution is 6.30. The molecule has 3 aromatic rings. The number of nitrogens with zero attached hydrogens (tertiary/aromatic N) is 3. The van der Waals surface area contributed by atoms with Crippen molar-refractivity contribution in [2.45, 2.75) is 5.92 Å². The lowest BCUT2D eigenvalue weighted by Gasteiger charge is -2.12. The normalized spacial score (nSPS) is 15.9. The molecule has 0 bridgehead atoms. The van der Waals surface area contributed by atoms with Crippen molar-refractivity contribution in [1.82, 2.24) is 15.2 Å². The Kier molecular flexibility index (Phi) is 3.89. The Morgan fingerprint density at radius 2 is 2.08 bits per heavy atom. The van der Waals surface area contributed by atoms with E-state index in [2.05, 4.69) is 25.4 Å². The van der Waals surface area contributed by atoms with Crippen LogP contribution in [-0.4, -0.2) is 34.7 Å². The first-order valence-corrected chi connectivity index (χ1v) is 8.27. The first-order chi connectivity index (χ1) is 12.1. The molecule has 0 fully saturated rings. The molecule has 0 aliphatic carbocycles. The van der Waals surface area contributed by atoms with Crippen LogP contribution in [0.15, 0.2) is 48.8 Å². The summed E-state index contributed by atoms with van der Waals surface area (Å²) in [5.41, 5.74) is 3.49. The number of H-pyrrole nitrogens is 1. The van der Waals surface area contributed by atoms with Gasteiger partial charge in [0, 0.05) is 35.6 Å². The number of rotatable bonds is 3. The number of carbonyl (C=O) groups is 1. The molecular weight excluding hydrogens is 338 g/mol. The van der Waals surface area contributed by atoms with E-state index in [0.717, 1.165) is 23.6 Å². The van der Waals surface area contributed by atoms with Crippen LogP contribution in [0.25, 0.3) is 0 Å². The van der Waals surface area contributed by atoms with Crippen molar-refractivity contribution in [3.63, 3.8) is 0 Å². The fourth-order valence-electron chi connectivity index (χ4n) is 3.15. The van der Waals surface area contributed by atoms with E-state index in [9.17, 15) is 4.79 Å². The SMILES string of the molecule is CN1C[C@@H](c2ncn[nH]2)c2cc(C(=O)Nc3ccc(Cl)cc3)ccc21. The molecule has 25 heavy (non-hydrogen) atoms. The average molecular weight is 354 g/mol. The van der Waals surface area contributed by atoms with Crippen molar-refractivity contribution < 1.29 is 4.79 Å². The number of benzene rings is 2. The summed E-state index contributed by atoms with van der Waals surface area (Å²) in [6.45, 7) is 0.798. The molecule has 7 heteroatoms. The lowest BCUT2D eigenvalue weighted by molar-refractivity contribution is 0.102. The molecule has 2 aromatic carbocycles. The van der Waals surface area contributed by atoms with Crippen LogP contribution in [0.3, 0.4) is 0 Å². The number of nitrogens with one attached hydrogen (secondary N) is 2. The number of halogens is 1. The zero-order valence-corrected chi connectivity index (χ0v) is 14.3. The highest BCUT2D eigenvalue weighted by atomic mass is 35.5. The van der Waals surface area contributed by atoms with Crippen LogP contribution in [0.4, 0.5) is 11.4 Å². The second-order valence-corrected chi connectivity index (χ2v) is 6.47. The molecule has 126 valence electrons. The first kappa shape index (κ1) is 15.7. The quantitative estimate of drug-likeness (QED) is 0.757. The monoisotopic (exact) mass is 353 g/mol. The van der Waals surface area contributed by atoms with E-state index in [-0.39, 0.29) is 11.8 Å². The predicted octanol–water partition coefficient (Wildman–Crippen LogP) is 3.29. The van der Waals surface area contributed by atoms with Crippen molar-refractivity contribution >= 4 is 28.9 Å². The number of anilines is 2. The van der Waals surface area contributed by atoms with Crippen LogP contribution in [-0.2, 0) is 0 Å². The van der Waals surface area contributed by atoms with Crippen LogP contribution in [0, 0.1) is 0 Å². The molecule has 1 aliphatic rings. The molecule has 4 rings (SSSR count). The number of amides is 1. The smallest absolute Gasteiger partial charge is 0.255 e. The Bertz CT molecular complexity index is 908. The summed E-state index contributed by atoms with van der Waals surface area (Å²) in [6.07, 6.45) is 1.50. The minimum Gasteiger partial charge on any atom is -0.373 e. The molecule has 2 N–H and O–H groups in total. The largest absolute Gasteiger partial charge is 0.373 e. The van der Waals surface area contributed by atoms with Crippen LogP contribution < -0.4 is 10.2 Å². The number of carbonyl (C=O) groups excluding carboxylic acids is 1. The van der Waals surface area contributed by atoms with E-state index in [0.29, 0.717) is 16.3 Å². The van der Waals surface area contributed by atoms with Gasteiger partial charge in [0.15, 0.2) is 0 Å². The zero-order chi connectivity index (χ0) is 17.4. The Morgan fingerprint density at radius 1 is 1.28 bits per heavy atom. The van der Waals surface area contributed by atoms with Crippen molar-refractivity contribution in [3.05, 3.63) is 70.8 Å². The molecule has 1 aromatic heterocycles. The van der Waals surface area contributed by atoms with Gasteiger partial charge in [0.05, 0.1) is 5.92 Å². The van der Waals surface area contributed by atoms with Crippen molar-refractivity contribution in [1.29, 1.82) is 0 Å². The van der Waals surface area contributed by atoms with Crippen LogP contribution in [0.2, 0.25) is 5.02 Å². The number of fused-ring (bicyclic) bond motifs is 1. The van der Waals surface area contributed by atoms with Gasteiger partial charge in [0.2, 0.25) is 0 Å². The maximum Gasteiger partial charge on any atom is 0.255 e. The van der Waals surface area contributed by atoms with E-state index < -0.39 is 0 Å². The van der Waals surface area contributed by atoms with Gasteiger partial charge in [-0.25, -0.2) is 4.98 Å². The summed E-state index contributed by atoms with van der Waals surface area (Å²) < 4.78 is 0. The van der Waals surface area contributed by atoms with Gasteiger partial charge in [-0.1, -0.05) is 11.6 Å². The number of likely N-dealkylation sites (N-methyl/N-ethyl adjacent to an activating group) is 1. The summed E-state index contributed by atoms with van der Waals surface area (Å²) in [5, 5.41) is 10.4. The number of aromatic nitrogens is 3. The van der Waals surface area contributed by atoms with Gasteiger partial charge in [-0.05, 0) is 48.0 Å². The molecule has 0 saturated heterocycles. The highest BCUT2D eigenvalue weighted by Crippen LogP contribution is 2.38. The minimum atomic E-state index is -0.156. The zero-order valence-electron chi connectivity index (χ0n) is 13.5. The number of aromatic amines is 1. The Hall–Kier alpha value is -2.86. The summed E-state index contributed by atoms with van der Waals surface area (Å²) in [5.74, 6) is 0.725. The van der Waals surface area contributed by atoms with Crippen molar-refractivity contribution in [2.75, 3.05) is 23.8 Å². The van der Waals surface area contributed by atoms with Crippen LogP contribution in [0.1, 0.15) is 27.7 Å². The van der Waals surface area contributed by atoms with E-state index >= 15 is 0 Å². The second-order valence-electron chi connectivity index (χ2n) is 6.04. The van der Waals surface area contributed by atoms with Gasteiger partial charge >= 0.3 is 0 Å². The fraction of sp³-hybridized carbons (Fsp3) is 0.167. The van der Waals surface area contributed by atoms with Gasteiger partial charge in [0.1, 0.15) is 12.2 Å². The van der Waals surface area contributed by atoms with Gasteiger partial charge in [0.25, 0.3) is 5.91 Å². The van der Waals surface area contributed by atoms with Crippen molar-refractivity contribution in [3.8, 4) is 0 Å². The fourth-order valence-corrected chi connectivity index (χ4v) is 3.27. The molecule has 1 aliphatic heterocycles. The predicted molar refractivity (Wildman–Crippen MR) is 97.3 cm³/mol. The molecule has 1 amide bonds. The molecule has 0 spiro atoms. The Morgan fingerprint density at radius 3 is 2.80 bits per heavy atom. The molecule has 0 saturated carbocycles. The number of hydrogen-bond donors (Lipinski definition) is 2. The van der Waals surface area contributed by atoms with E-state index in [1.54, 1.807) is 24.3 Å². The van der Waals surface area contributed by atoms with E-state index in [4.69, 9.17) is 11.6 Å². The van der Waals surface area contributed by atoms with Gasteiger partial charge in [-0.2, -0.15) is 5.10 Å². The third-order valence-corrected chi connectivity index (χ3v) is 4.65. The molecule has 2 heterocycles.